The molecule has 0 aromatic heterocycles. The van der Waals surface area contributed by atoms with E-state index in [9.17, 15) is 4.79 Å². The van der Waals surface area contributed by atoms with Gasteiger partial charge >= 0.3 is 5.97 Å². The molecule has 0 atom stereocenters. The summed E-state index contributed by atoms with van der Waals surface area (Å²) in [6, 6.07) is 4.64. The molecule has 5 heteroatoms. The Morgan fingerprint density at radius 1 is 1.64 bits per heavy atom. The highest BCUT2D eigenvalue weighted by Crippen LogP contribution is 2.16. The Balaban J connectivity index is 3.23. The second-order valence-electron chi connectivity index (χ2n) is 2.54. The van der Waals surface area contributed by atoms with Gasteiger partial charge in [-0.05, 0) is 18.2 Å². The second-order valence-corrected chi connectivity index (χ2v) is 2.54. The molecule has 0 fully saturated rings. The number of carboxylic acid groups (broad SMARTS) is 1. The minimum Gasteiger partial charge on any atom is -0.497 e. The van der Waals surface area contributed by atoms with Crippen LogP contribution in [-0.2, 0) is 0 Å². The molecule has 0 saturated heterocycles. The SMILES string of the molecule is COc1ccc(C=NN)c(C(=O)O)c1. The van der Waals surface area contributed by atoms with Crippen LogP contribution in [0.1, 0.15) is 15.9 Å². The number of aromatic carboxylic acids is 1. The number of hydrogen-bond acceptors (Lipinski definition) is 4. The number of benzene rings is 1. The molecule has 0 aliphatic heterocycles. The summed E-state index contributed by atoms with van der Waals surface area (Å²) < 4.78 is 4.90. The van der Waals surface area contributed by atoms with Crippen LogP contribution in [0.25, 0.3) is 0 Å². The highest BCUT2D eigenvalue weighted by molar-refractivity contribution is 5.98. The van der Waals surface area contributed by atoms with Crippen LogP contribution in [0.4, 0.5) is 0 Å². The zero-order valence-electron chi connectivity index (χ0n) is 7.60. The summed E-state index contributed by atoms with van der Waals surface area (Å²) in [5.41, 5.74) is 0.555. The van der Waals surface area contributed by atoms with Crippen molar-refractivity contribution in [2.75, 3.05) is 7.11 Å². The zero-order valence-corrected chi connectivity index (χ0v) is 7.60. The number of carbonyl (C=O) groups is 1. The average molecular weight is 194 g/mol. The van der Waals surface area contributed by atoms with Gasteiger partial charge in [-0.1, -0.05) is 0 Å². The molecule has 0 saturated carbocycles. The van der Waals surface area contributed by atoms with Crippen molar-refractivity contribution in [3.63, 3.8) is 0 Å². The average Bonchev–Trinajstić information content (AvgIpc) is 2.18. The first kappa shape index (κ1) is 10.0. The molecule has 0 aliphatic rings. The van der Waals surface area contributed by atoms with Crippen LogP contribution in [0.5, 0.6) is 5.75 Å². The first-order chi connectivity index (χ1) is 6.69. The van der Waals surface area contributed by atoms with Gasteiger partial charge in [-0.3, -0.25) is 0 Å². The molecule has 1 aromatic rings. The van der Waals surface area contributed by atoms with Crippen LogP contribution in [0.15, 0.2) is 23.3 Å². The van der Waals surface area contributed by atoms with E-state index in [1.165, 1.54) is 19.4 Å². The first-order valence-electron chi connectivity index (χ1n) is 3.83. The quantitative estimate of drug-likeness (QED) is 0.421. The summed E-state index contributed by atoms with van der Waals surface area (Å²) in [6.07, 6.45) is 1.28. The molecule has 74 valence electrons. The van der Waals surface area contributed by atoms with Crippen molar-refractivity contribution >= 4 is 12.2 Å². The van der Waals surface area contributed by atoms with E-state index in [1.807, 2.05) is 0 Å². The van der Waals surface area contributed by atoms with E-state index < -0.39 is 5.97 Å². The zero-order chi connectivity index (χ0) is 10.6. The number of nitrogens with two attached hydrogens (primary N) is 1. The van der Waals surface area contributed by atoms with E-state index in [0.29, 0.717) is 11.3 Å². The van der Waals surface area contributed by atoms with Gasteiger partial charge in [0.15, 0.2) is 0 Å². The Hall–Kier alpha value is -2.04. The monoisotopic (exact) mass is 194 g/mol. The molecular formula is C9H10N2O3. The van der Waals surface area contributed by atoms with E-state index in [4.69, 9.17) is 15.7 Å². The number of methoxy groups -OCH3 is 1. The normalized spacial score (nSPS) is 10.4. The second kappa shape index (κ2) is 4.27. The highest BCUT2D eigenvalue weighted by Gasteiger charge is 2.09. The van der Waals surface area contributed by atoms with Crippen molar-refractivity contribution in [3.05, 3.63) is 29.3 Å². The van der Waals surface area contributed by atoms with Crippen molar-refractivity contribution in [1.29, 1.82) is 0 Å². The number of hydrazone groups is 1. The summed E-state index contributed by atoms with van der Waals surface area (Å²) in [4.78, 5) is 10.8. The number of rotatable bonds is 3. The van der Waals surface area contributed by atoms with Crippen molar-refractivity contribution in [2.24, 2.45) is 10.9 Å². The first-order valence-corrected chi connectivity index (χ1v) is 3.83. The van der Waals surface area contributed by atoms with Gasteiger partial charge in [-0.15, -0.1) is 0 Å². The Kier molecular flexibility index (Phi) is 3.06. The molecule has 0 unspecified atom stereocenters. The van der Waals surface area contributed by atoms with Gasteiger partial charge < -0.3 is 15.7 Å². The van der Waals surface area contributed by atoms with E-state index in [0.717, 1.165) is 0 Å². The maximum atomic E-state index is 10.8. The molecule has 0 heterocycles. The third kappa shape index (κ3) is 2.01. The van der Waals surface area contributed by atoms with Crippen LogP contribution < -0.4 is 10.6 Å². The molecule has 1 aromatic carbocycles. The summed E-state index contributed by atoms with van der Waals surface area (Å²) in [5.74, 6) is 4.39. The fraction of sp³-hybridized carbons (Fsp3) is 0.111. The third-order valence-corrected chi connectivity index (χ3v) is 1.70. The minimum absolute atomic E-state index is 0.110. The van der Waals surface area contributed by atoms with Crippen LogP contribution in [-0.4, -0.2) is 24.4 Å². The predicted molar refractivity (Wildman–Crippen MR) is 51.7 cm³/mol. The van der Waals surface area contributed by atoms with Gasteiger partial charge in [0, 0.05) is 5.56 Å². The molecule has 14 heavy (non-hydrogen) atoms. The standard InChI is InChI=1S/C9H10N2O3/c1-14-7-3-2-6(5-11-10)8(4-7)9(12)13/h2-5H,10H2,1H3,(H,12,13). The molecule has 0 aliphatic carbocycles. The van der Waals surface area contributed by atoms with Gasteiger partial charge in [0.25, 0.3) is 0 Å². The van der Waals surface area contributed by atoms with Crippen LogP contribution in [0.2, 0.25) is 0 Å². The molecule has 0 spiro atoms. The lowest BCUT2D eigenvalue weighted by Crippen LogP contribution is -2.03. The lowest BCUT2D eigenvalue weighted by Gasteiger charge is -2.03. The lowest BCUT2D eigenvalue weighted by molar-refractivity contribution is 0.0696. The smallest absolute Gasteiger partial charge is 0.336 e. The van der Waals surface area contributed by atoms with E-state index >= 15 is 0 Å². The van der Waals surface area contributed by atoms with Gasteiger partial charge in [0.05, 0.1) is 18.9 Å². The highest BCUT2D eigenvalue weighted by atomic mass is 16.5. The van der Waals surface area contributed by atoms with Gasteiger partial charge in [0.1, 0.15) is 5.75 Å². The molecule has 3 N–H and O–H groups in total. The molecular weight excluding hydrogens is 184 g/mol. The Labute approximate surface area is 80.8 Å². The molecule has 1 rings (SSSR count). The molecule has 0 amide bonds. The van der Waals surface area contributed by atoms with Crippen LogP contribution in [0, 0.1) is 0 Å². The van der Waals surface area contributed by atoms with Crippen molar-refractivity contribution in [3.8, 4) is 5.75 Å². The maximum Gasteiger partial charge on any atom is 0.336 e. The van der Waals surface area contributed by atoms with E-state index in [-0.39, 0.29) is 5.56 Å². The van der Waals surface area contributed by atoms with E-state index in [2.05, 4.69) is 5.10 Å². The fourth-order valence-electron chi connectivity index (χ4n) is 1.04. The number of carboxylic acids is 1. The maximum absolute atomic E-state index is 10.8. The van der Waals surface area contributed by atoms with Gasteiger partial charge in [-0.2, -0.15) is 5.10 Å². The predicted octanol–water partition coefficient (Wildman–Crippen LogP) is 0.686. The van der Waals surface area contributed by atoms with Crippen LogP contribution in [0.3, 0.4) is 0 Å². The largest absolute Gasteiger partial charge is 0.497 e. The van der Waals surface area contributed by atoms with E-state index in [1.54, 1.807) is 12.1 Å². The Bertz CT molecular complexity index is 374. The van der Waals surface area contributed by atoms with Crippen molar-refractivity contribution in [2.45, 2.75) is 0 Å². The lowest BCUT2D eigenvalue weighted by atomic mass is 10.1. The third-order valence-electron chi connectivity index (χ3n) is 1.70. The van der Waals surface area contributed by atoms with Crippen LogP contribution >= 0.6 is 0 Å². The number of nitrogens with zero attached hydrogens (tertiary/aromatic N) is 1. The molecule has 0 radical (unpaired) electrons. The number of ether oxygens (including phenoxy) is 1. The number of hydrogen-bond donors (Lipinski definition) is 2. The summed E-state index contributed by atoms with van der Waals surface area (Å²) in [6.45, 7) is 0. The van der Waals surface area contributed by atoms with Crippen molar-refractivity contribution < 1.29 is 14.6 Å². The van der Waals surface area contributed by atoms with Gasteiger partial charge in [-0.25, -0.2) is 4.79 Å². The van der Waals surface area contributed by atoms with Gasteiger partial charge in [0.2, 0.25) is 0 Å². The topological polar surface area (TPSA) is 84.9 Å². The Morgan fingerprint density at radius 2 is 2.36 bits per heavy atom. The Morgan fingerprint density at radius 3 is 2.86 bits per heavy atom. The summed E-state index contributed by atoms with van der Waals surface area (Å²) in [7, 11) is 1.47. The summed E-state index contributed by atoms with van der Waals surface area (Å²) in [5, 5.41) is 12.1. The summed E-state index contributed by atoms with van der Waals surface area (Å²) >= 11 is 0. The molecule has 0 bridgehead atoms. The molecule has 5 nitrogen and oxygen atoms in total. The fourth-order valence-corrected chi connectivity index (χ4v) is 1.04. The van der Waals surface area contributed by atoms with Crippen molar-refractivity contribution in [1.82, 2.24) is 0 Å². The minimum atomic E-state index is -1.04.